The van der Waals surface area contributed by atoms with Crippen LogP contribution in [0.1, 0.15) is 47.3 Å². The Morgan fingerprint density at radius 2 is 1.69 bits per heavy atom. The van der Waals surface area contributed by atoms with Gasteiger partial charge in [-0.05, 0) is 41.8 Å². The van der Waals surface area contributed by atoms with Crippen LogP contribution in [0.5, 0.6) is 11.6 Å². The second-order valence-corrected chi connectivity index (χ2v) is 9.42. The van der Waals surface area contributed by atoms with E-state index in [4.69, 9.17) is 16.2 Å². The highest BCUT2D eigenvalue weighted by atomic mass is 19.4. The van der Waals surface area contributed by atoms with Gasteiger partial charge in [-0.15, -0.1) is 13.2 Å². The van der Waals surface area contributed by atoms with Gasteiger partial charge in [0.2, 0.25) is 11.8 Å². The maximum Gasteiger partial charge on any atom is 0.573 e. The molecule has 0 bridgehead atoms. The van der Waals surface area contributed by atoms with Gasteiger partial charge in [0, 0.05) is 43.7 Å². The molecule has 1 aliphatic rings. The molecule has 1 saturated heterocycles. The molecule has 39 heavy (non-hydrogen) atoms. The van der Waals surface area contributed by atoms with Crippen molar-refractivity contribution in [2.75, 3.05) is 13.1 Å². The van der Waals surface area contributed by atoms with Gasteiger partial charge in [-0.2, -0.15) is 0 Å². The molecule has 2 heterocycles. The van der Waals surface area contributed by atoms with Crippen LogP contribution in [0.2, 0.25) is 0 Å². The summed E-state index contributed by atoms with van der Waals surface area (Å²) in [4.78, 5) is 30.9. The first-order chi connectivity index (χ1) is 18.5. The van der Waals surface area contributed by atoms with E-state index in [1.165, 1.54) is 24.3 Å². The lowest BCUT2D eigenvalue weighted by molar-refractivity contribution is -0.274. The van der Waals surface area contributed by atoms with Crippen molar-refractivity contribution in [2.45, 2.75) is 44.7 Å². The third-order valence-electron chi connectivity index (χ3n) is 6.47. The lowest BCUT2D eigenvalue weighted by atomic mass is 10.0. The minimum absolute atomic E-state index is 0.0534. The van der Waals surface area contributed by atoms with Crippen LogP contribution in [0, 0.1) is 0 Å². The quantitative estimate of drug-likeness (QED) is 0.436. The van der Waals surface area contributed by atoms with Gasteiger partial charge in [0.15, 0.2) is 0 Å². The highest BCUT2D eigenvalue weighted by Gasteiger charge is 2.31. The van der Waals surface area contributed by atoms with Crippen LogP contribution in [0.4, 0.5) is 13.2 Å². The number of carbonyl (C=O) groups is 2. The lowest BCUT2D eigenvalue weighted by Gasteiger charge is -2.32. The number of halogens is 3. The Balaban J connectivity index is 1.34. The number of likely N-dealkylation sites (tertiary alicyclic amines) is 1. The summed E-state index contributed by atoms with van der Waals surface area (Å²) >= 11 is 0. The zero-order chi connectivity index (χ0) is 28.2. The zero-order valence-electron chi connectivity index (χ0n) is 21.3. The molecule has 1 aliphatic heterocycles. The van der Waals surface area contributed by atoms with Gasteiger partial charge < -0.3 is 25.8 Å². The molecule has 206 valence electrons. The predicted molar refractivity (Wildman–Crippen MR) is 138 cm³/mol. The number of amides is 2. The van der Waals surface area contributed by atoms with E-state index in [0.29, 0.717) is 37.1 Å². The standard InChI is InChI=1S/C28H29F3N4O4/c1-17(32)19-4-6-20(7-5-19)21-15-24(26(33)37)27(34-16-21)38-22-10-12-35(13-11-22)25(36)14-18-2-8-23(9-3-18)39-28(29,30)31/h2-9,15-17,22H,10-14,32H2,1H3,(H2,33,37). The number of aromatic nitrogens is 1. The van der Waals surface area contributed by atoms with E-state index in [2.05, 4.69) is 9.72 Å². The Labute approximate surface area is 223 Å². The van der Waals surface area contributed by atoms with Crippen LogP contribution in [-0.2, 0) is 11.2 Å². The molecule has 1 aromatic heterocycles. The number of carbonyl (C=O) groups excluding carboxylic acids is 2. The number of pyridine rings is 1. The van der Waals surface area contributed by atoms with E-state index in [-0.39, 0.29) is 41.7 Å². The molecule has 11 heteroatoms. The molecule has 4 rings (SSSR count). The number of nitrogens with zero attached hydrogens (tertiary/aromatic N) is 2. The van der Waals surface area contributed by atoms with Gasteiger partial charge >= 0.3 is 6.36 Å². The maximum atomic E-state index is 12.7. The minimum Gasteiger partial charge on any atom is -0.474 e. The minimum atomic E-state index is -4.77. The smallest absolute Gasteiger partial charge is 0.474 e. The zero-order valence-corrected chi connectivity index (χ0v) is 21.3. The van der Waals surface area contributed by atoms with Crippen molar-refractivity contribution in [1.29, 1.82) is 0 Å². The second-order valence-electron chi connectivity index (χ2n) is 9.42. The van der Waals surface area contributed by atoms with Gasteiger partial charge in [-0.1, -0.05) is 36.4 Å². The molecule has 8 nitrogen and oxygen atoms in total. The average molecular weight is 543 g/mol. The summed E-state index contributed by atoms with van der Waals surface area (Å²) in [6, 6.07) is 14.4. The Hall–Kier alpha value is -4.12. The molecule has 0 saturated carbocycles. The fourth-order valence-electron chi connectivity index (χ4n) is 4.34. The van der Waals surface area contributed by atoms with Crippen molar-refractivity contribution in [3.8, 4) is 22.8 Å². The first kappa shape index (κ1) is 27.9. The summed E-state index contributed by atoms with van der Waals surface area (Å²) in [7, 11) is 0. The third-order valence-corrected chi connectivity index (χ3v) is 6.47. The molecular weight excluding hydrogens is 513 g/mol. The number of hydrogen-bond acceptors (Lipinski definition) is 6. The number of alkyl halides is 3. The Bertz CT molecular complexity index is 1300. The largest absolute Gasteiger partial charge is 0.573 e. The fraction of sp³-hybridized carbons (Fsp3) is 0.321. The predicted octanol–water partition coefficient (Wildman–Crippen LogP) is 4.38. The topological polar surface area (TPSA) is 121 Å². The molecule has 2 aromatic carbocycles. The van der Waals surface area contributed by atoms with E-state index in [1.807, 2.05) is 31.2 Å². The number of rotatable bonds is 8. The Morgan fingerprint density at radius 1 is 1.05 bits per heavy atom. The number of piperidine rings is 1. The van der Waals surface area contributed by atoms with Crippen molar-refractivity contribution in [1.82, 2.24) is 9.88 Å². The highest BCUT2D eigenvalue weighted by molar-refractivity contribution is 5.96. The van der Waals surface area contributed by atoms with E-state index < -0.39 is 12.3 Å². The number of primary amides is 1. The molecule has 1 atom stereocenters. The number of hydrogen-bond donors (Lipinski definition) is 2. The van der Waals surface area contributed by atoms with Crippen molar-refractivity contribution in [3.05, 3.63) is 77.5 Å². The van der Waals surface area contributed by atoms with Crippen molar-refractivity contribution >= 4 is 11.8 Å². The van der Waals surface area contributed by atoms with Crippen molar-refractivity contribution < 1.29 is 32.2 Å². The third kappa shape index (κ3) is 7.47. The molecule has 2 amide bonds. The second kappa shape index (κ2) is 11.7. The number of benzene rings is 2. The fourth-order valence-corrected chi connectivity index (χ4v) is 4.34. The van der Waals surface area contributed by atoms with Crippen molar-refractivity contribution in [3.63, 3.8) is 0 Å². The van der Waals surface area contributed by atoms with E-state index in [9.17, 15) is 22.8 Å². The summed E-state index contributed by atoms with van der Waals surface area (Å²) in [5, 5.41) is 0. The van der Waals surface area contributed by atoms with Crippen LogP contribution in [0.3, 0.4) is 0 Å². The molecule has 3 aromatic rings. The van der Waals surface area contributed by atoms with E-state index in [1.54, 1.807) is 17.2 Å². The monoisotopic (exact) mass is 542 g/mol. The first-order valence-corrected chi connectivity index (χ1v) is 12.4. The van der Waals surface area contributed by atoms with Gasteiger partial charge in [0.1, 0.15) is 17.4 Å². The normalized spacial score (nSPS) is 15.1. The lowest BCUT2D eigenvalue weighted by Crippen LogP contribution is -2.42. The van der Waals surface area contributed by atoms with Gasteiger partial charge in [-0.25, -0.2) is 4.98 Å². The summed E-state index contributed by atoms with van der Waals surface area (Å²) in [5.41, 5.74) is 14.8. The van der Waals surface area contributed by atoms with Gasteiger partial charge in [-0.3, -0.25) is 9.59 Å². The molecule has 4 N–H and O–H groups in total. The molecule has 1 unspecified atom stereocenters. The van der Waals surface area contributed by atoms with Crippen LogP contribution in [0.15, 0.2) is 60.8 Å². The summed E-state index contributed by atoms with van der Waals surface area (Å²) in [6.45, 7) is 2.75. The molecule has 1 fully saturated rings. The SMILES string of the molecule is CC(N)c1ccc(-c2cnc(OC3CCN(C(=O)Cc4ccc(OC(F)(F)F)cc4)CC3)c(C(N)=O)c2)cc1. The number of nitrogens with two attached hydrogens (primary N) is 2. The average Bonchev–Trinajstić information content (AvgIpc) is 2.89. The Morgan fingerprint density at radius 3 is 2.26 bits per heavy atom. The maximum absolute atomic E-state index is 12.7. The first-order valence-electron chi connectivity index (χ1n) is 12.4. The summed E-state index contributed by atoms with van der Waals surface area (Å²) < 4.78 is 46.8. The van der Waals surface area contributed by atoms with Crippen LogP contribution in [0.25, 0.3) is 11.1 Å². The van der Waals surface area contributed by atoms with Crippen molar-refractivity contribution in [2.24, 2.45) is 11.5 Å². The van der Waals surface area contributed by atoms with Crippen LogP contribution >= 0.6 is 0 Å². The molecule has 0 aliphatic carbocycles. The van der Waals surface area contributed by atoms with Gasteiger partial charge in [0.05, 0.1) is 6.42 Å². The van der Waals surface area contributed by atoms with E-state index in [0.717, 1.165) is 11.1 Å². The number of ether oxygens (including phenoxy) is 2. The van der Waals surface area contributed by atoms with Crippen LogP contribution < -0.4 is 20.9 Å². The molecule has 0 spiro atoms. The van der Waals surface area contributed by atoms with Gasteiger partial charge in [0.25, 0.3) is 5.91 Å². The highest BCUT2D eigenvalue weighted by Crippen LogP contribution is 2.28. The summed E-state index contributed by atoms with van der Waals surface area (Å²) in [5.74, 6) is -1.00. The molecular formula is C28H29F3N4O4. The molecule has 0 radical (unpaired) electrons. The Kier molecular flexibility index (Phi) is 8.39. The van der Waals surface area contributed by atoms with Crippen LogP contribution in [-0.4, -0.2) is 47.3 Å². The van der Waals surface area contributed by atoms with E-state index >= 15 is 0 Å². The summed E-state index contributed by atoms with van der Waals surface area (Å²) in [6.07, 6.45) is -2.33.